The topological polar surface area (TPSA) is 69.6 Å². The van der Waals surface area contributed by atoms with E-state index in [9.17, 15) is 0 Å². The van der Waals surface area contributed by atoms with E-state index in [0.717, 1.165) is 25.8 Å². The van der Waals surface area contributed by atoms with E-state index in [0.29, 0.717) is 11.5 Å². The van der Waals surface area contributed by atoms with E-state index in [2.05, 4.69) is 47.4 Å². The lowest BCUT2D eigenvalue weighted by Gasteiger charge is -2.10. The van der Waals surface area contributed by atoms with Gasteiger partial charge >= 0.3 is 0 Å². The van der Waals surface area contributed by atoms with Crippen molar-refractivity contribution in [3.05, 3.63) is 50.9 Å². The Morgan fingerprint density at radius 2 is 1.81 bits per heavy atom. The minimum Gasteiger partial charge on any atom is -0.398 e. The molecule has 0 unspecified atom stereocenters. The van der Waals surface area contributed by atoms with Crippen molar-refractivity contribution >= 4 is 37.5 Å². The zero-order valence-corrected chi connectivity index (χ0v) is 14.3. The summed E-state index contributed by atoms with van der Waals surface area (Å²) in [5.41, 5.74) is 9.41. The number of anilines is 1. The van der Waals surface area contributed by atoms with Crippen molar-refractivity contribution in [2.75, 3.05) is 5.73 Å². The second kappa shape index (κ2) is 5.57. The number of tetrazole rings is 1. The summed E-state index contributed by atoms with van der Waals surface area (Å²) in [5, 5.41) is 12.0. The number of nitrogen functional groups attached to an aromatic ring is 1. The summed E-state index contributed by atoms with van der Waals surface area (Å²) in [7, 11) is 0. The van der Waals surface area contributed by atoms with Gasteiger partial charge in [-0.05, 0) is 73.0 Å². The lowest BCUT2D eigenvalue weighted by atomic mass is 10.2. The van der Waals surface area contributed by atoms with Gasteiger partial charge in [-0.2, -0.15) is 4.68 Å². The van der Waals surface area contributed by atoms with Gasteiger partial charge in [0.1, 0.15) is 0 Å². The van der Waals surface area contributed by atoms with Crippen LogP contribution in [0.3, 0.4) is 0 Å². The number of hydrogen-bond acceptors (Lipinski definition) is 4. The Morgan fingerprint density at radius 1 is 1.05 bits per heavy atom. The molecule has 1 heterocycles. The van der Waals surface area contributed by atoms with Crippen molar-refractivity contribution in [2.45, 2.75) is 6.92 Å². The lowest BCUT2D eigenvalue weighted by Crippen LogP contribution is -2.02. The molecule has 0 saturated carbocycles. The zero-order chi connectivity index (χ0) is 15.0. The largest absolute Gasteiger partial charge is 0.398 e. The summed E-state index contributed by atoms with van der Waals surface area (Å²) in [6, 6.07) is 11.6. The minimum atomic E-state index is 0.625. The fourth-order valence-electron chi connectivity index (χ4n) is 2.04. The molecular formula is C14H11Br2N5. The highest BCUT2D eigenvalue weighted by atomic mass is 79.9. The van der Waals surface area contributed by atoms with Crippen LogP contribution in [0.5, 0.6) is 0 Å². The van der Waals surface area contributed by atoms with Gasteiger partial charge < -0.3 is 5.73 Å². The van der Waals surface area contributed by atoms with Crippen molar-refractivity contribution < 1.29 is 0 Å². The molecular weight excluding hydrogens is 398 g/mol. The van der Waals surface area contributed by atoms with Crippen molar-refractivity contribution in [2.24, 2.45) is 0 Å². The van der Waals surface area contributed by atoms with Crippen LogP contribution < -0.4 is 5.73 Å². The second-order valence-electron chi connectivity index (χ2n) is 4.53. The molecule has 0 bridgehead atoms. The predicted octanol–water partition coefficient (Wildman–Crippen LogP) is 3.74. The van der Waals surface area contributed by atoms with Crippen molar-refractivity contribution in [3.8, 4) is 17.1 Å². The maximum Gasteiger partial charge on any atom is 0.188 e. The molecule has 0 fully saturated rings. The zero-order valence-electron chi connectivity index (χ0n) is 11.1. The average molecular weight is 409 g/mol. The second-order valence-corrected chi connectivity index (χ2v) is 6.12. The van der Waals surface area contributed by atoms with E-state index in [1.807, 2.05) is 43.3 Å². The third-order valence-corrected chi connectivity index (χ3v) is 5.06. The van der Waals surface area contributed by atoms with E-state index < -0.39 is 0 Å². The number of aromatic nitrogens is 4. The van der Waals surface area contributed by atoms with Gasteiger partial charge in [0.25, 0.3) is 0 Å². The molecule has 106 valence electrons. The maximum absolute atomic E-state index is 5.94. The summed E-state index contributed by atoms with van der Waals surface area (Å²) in [6.07, 6.45) is 0. The molecule has 0 aliphatic heterocycles. The molecule has 0 amide bonds. The Bertz CT molecular complexity index is 747. The van der Waals surface area contributed by atoms with E-state index in [1.54, 1.807) is 4.68 Å². The maximum atomic E-state index is 5.94. The summed E-state index contributed by atoms with van der Waals surface area (Å²) in [4.78, 5) is 0. The number of nitrogens with two attached hydrogens (primary N) is 1. The smallest absolute Gasteiger partial charge is 0.188 e. The van der Waals surface area contributed by atoms with Crippen molar-refractivity contribution in [1.82, 2.24) is 20.2 Å². The standard InChI is InChI=1S/C14H11Br2N5/c1-8-4-2-7-11(12(8)15)21-14(18-19-20-21)9-5-3-6-10(17)13(9)16/h2-7H,17H2,1H3. The molecule has 5 nitrogen and oxygen atoms in total. The molecule has 0 spiro atoms. The summed E-state index contributed by atoms with van der Waals surface area (Å²) >= 11 is 7.08. The van der Waals surface area contributed by atoms with E-state index in [1.165, 1.54) is 0 Å². The van der Waals surface area contributed by atoms with Crippen LogP contribution in [0.15, 0.2) is 45.3 Å². The summed E-state index contributed by atoms with van der Waals surface area (Å²) in [6.45, 7) is 2.02. The Morgan fingerprint density at radius 3 is 2.62 bits per heavy atom. The molecule has 3 rings (SSSR count). The number of aryl methyl sites for hydroxylation is 1. The van der Waals surface area contributed by atoms with E-state index in [4.69, 9.17) is 5.73 Å². The van der Waals surface area contributed by atoms with Crippen LogP contribution in [0.1, 0.15) is 5.56 Å². The quantitative estimate of drug-likeness (QED) is 0.655. The van der Waals surface area contributed by atoms with Gasteiger partial charge in [0.2, 0.25) is 0 Å². The first-order valence-corrected chi connectivity index (χ1v) is 7.76. The molecule has 2 aromatic carbocycles. The van der Waals surface area contributed by atoms with Gasteiger partial charge in [0.15, 0.2) is 5.82 Å². The Labute approximate surface area is 138 Å². The summed E-state index contributed by atoms with van der Waals surface area (Å²) in [5.74, 6) is 0.625. The number of halogens is 2. The van der Waals surface area contributed by atoms with Gasteiger partial charge in [-0.3, -0.25) is 0 Å². The van der Waals surface area contributed by atoms with Gasteiger partial charge in [0.05, 0.1) is 10.2 Å². The first kappa shape index (κ1) is 14.2. The Hall–Kier alpha value is -1.73. The van der Waals surface area contributed by atoms with Crippen LogP contribution in [0.2, 0.25) is 0 Å². The highest BCUT2D eigenvalue weighted by Gasteiger charge is 2.16. The highest BCUT2D eigenvalue weighted by molar-refractivity contribution is 9.11. The van der Waals surface area contributed by atoms with Gasteiger partial charge in [-0.25, -0.2) is 0 Å². The van der Waals surface area contributed by atoms with Crippen LogP contribution in [-0.2, 0) is 0 Å². The van der Waals surface area contributed by atoms with Crippen LogP contribution in [0.4, 0.5) is 5.69 Å². The fourth-order valence-corrected chi connectivity index (χ4v) is 2.91. The normalized spacial score (nSPS) is 10.8. The molecule has 7 heteroatoms. The third-order valence-electron chi connectivity index (χ3n) is 3.14. The number of rotatable bonds is 2. The molecule has 3 aromatic rings. The SMILES string of the molecule is Cc1cccc(-n2nnnc2-c2cccc(N)c2Br)c1Br. The van der Waals surface area contributed by atoms with Crippen molar-refractivity contribution in [1.29, 1.82) is 0 Å². The lowest BCUT2D eigenvalue weighted by molar-refractivity contribution is 0.788. The van der Waals surface area contributed by atoms with Crippen LogP contribution in [0.25, 0.3) is 17.1 Å². The van der Waals surface area contributed by atoms with Crippen LogP contribution in [0, 0.1) is 6.92 Å². The molecule has 21 heavy (non-hydrogen) atoms. The van der Waals surface area contributed by atoms with Gasteiger partial charge in [-0.1, -0.05) is 18.2 Å². The highest BCUT2D eigenvalue weighted by Crippen LogP contribution is 2.33. The molecule has 0 aliphatic carbocycles. The monoisotopic (exact) mass is 407 g/mol. The minimum absolute atomic E-state index is 0.625. The number of nitrogens with zero attached hydrogens (tertiary/aromatic N) is 4. The first-order valence-electron chi connectivity index (χ1n) is 6.18. The number of benzene rings is 2. The Balaban J connectivity index is 2.22. The molecule has 0 radical (unpaired) electrons. The first-order chi connectivity index (χ1) is 10.1. The fraction of sp³-hybridized carbons (Fsp3) is 0.0714. The molecule has 0 atom stereocenters. The molecule has 0 aliphatic rings. The molecule has 1 aromatic heterocycles. The van der Waals surface area contributed by atoms with E-state index >= 15 is 0 Å². The molecule has 0 saturated heterocycles. The van der Waals surface area contributed by atoms with Gasteiger partial charge in [0, 0.05) is 15.7 Å². The van der Waals surface area contributed by atoms with Crippen molar-refractivity contribution in [3.63, 3.8) is 0 Å². The third kappa shape index (κ3) is 2.47. The van der Waals surface area contributed by atoms with E-state index in [-0.39, 0.29) is 0 Å². The average Bonchev–Trinajstić information content (AvgIpc) is 2.94. The Kier molecular flexibility index (Phi) is 3.77. The van der Waals surface area contributed by atoms with Crippen LogP contribution >= 0.6 is 31.9 Å². The van der Waals surface area contributed by atoms with Gasteiger partial charge in [-0.15, -0.1) is 5.10 Å². The number of hydrogen-bond donors (Lipinski definition) is 1. The van der Waals surface area contributed by atoms with Crippen LogP contribution in [-0.4, -0.2) is 20.2 Å². The summed E-state index contributed by atoms with van der Waals surface area (Å²) < 4.78 is 3.43. The molecule has 2 N–H and O–H groups in total. The predicted molar refractivity (Wildman–Crippen MR) is 89.1 cm³/mol.